The molecule has 9 nitrogen and oxygen atoms in total. The van der Waals surface area contributed by atoms with Gasteiger partial charge in [-0.25, -0.2) is 9.67 Å². The number of amides is 1. The van der Waals surface area contributed by atoms with Crippen molar-refractivity contribution < 1.29 is 9.21 Å². The first kappa shape index (κ1) is 18.3. The predicted octanol–water partition coefficient (Wildman–Crippen LogP) is 2.18. The van der Waals surface area contributed by atoms with Gasteiger partial charge in [0.05, 0.1) is 12.8 Å². The number of H-pyrrole nitrogens is 1. The van der Waals surface area contributed by atoms with Gasteiger partial charge in [0, 0.05) is 19.0 Å². The van der Waals surface area contributed by atoms with Crippen LogP contribution in [-0.2, 0) is 6.54 Å². The molecule has 9 heteroatoms. The summed E-state index contributed by atoms with van der Waals surface area (Å²) in [5.74, 6) is 0.650. The Morgan fingerprint density at radius 2 is 2.07 bits per heavy atom. The normalized spacial score (nSPS) is 16.8. The second kappa shape index (κ2) is 7.58. The second-order valence-corrected chi connectivity index (χ2v) is 7.42. The number of hydrogen-bond acceptors (Lipinski definition) is 6. The van der Waals surface area contributed by atoms with Crippen LogP contribution in [0.25, 0.3) is 11.2 Å². The zero-order valence-corrected chi connectivity index (χ0v) is 16.2. The monoisotopic (exact) mass is 404 g/mol. The molecule has 1 N–H and O–H groups in total. The van der Waals surface area contributed by atoms with Crippen LogP contribution in [0.15, 0.2) is 57.9 Å². The SMILES string of the molecule is O=C(c1ccco1)N1CCCC(c2nc3c(nnn3Cc3ccccc3)c(=O)[nH]2)C1. The minimum Gasteiger partial charge on any atom is -0.459 e. The Kier molecular flexibility index (Phi) is 4.62. The molecule has 1 atom stereocenters. The fraction of sp³-hybridized carbons (Fsp3) is 0.286. The number of furan rings is 1. The molecule has 1 fully saturated rings. The molecule has 5 rings (SSSR count). The van der Waals surface area contributed by atoms with Crippen molar-refractivity contribution in [2.75, 3.05) is 13.1 Å². The summed E-state index contributed by atoms with van der Waals surface area (Å²) in [4.78, 5) is 34.5. The van der Waals surface area contributed by atoms with Gasteiger partial charge in [0.15, 0.2) is 16.9 Å². The fourth-order valence-electron chi connectivity index (χ4n) is 3.88. The van der Waals surface area contributed by atoms with Gasteiger partial charge in [-0.2, -0.15) is 0 Å². The van der Waals surface area contributed by atoms with Gasteiger partial charge in [0.2, 0.25) is 0 Å². The van der Waals surface area contributed by atoms with Gasteiger partial charge in [-0.3, -0.25) is 9.59 Å². The molecule has 3 aromatic heterocycles. The van der Waals surface area contributed by atoms with Gasteiger partial charge in [-0.05, 0) is 30.5 Å². The quantitative estimate of drug-likeness (QED) is 0.558. The third kappa shape index (κ3) is 3.38. The summed E-state index contributed by atoms with van der Waals surface area (Å²) < 4.78 is 6.88. The molecule has 0 aliphatic carbocycles. The summed E-state index contributed by atoms with van der Waals surface area (Å²) in [6.07, 6.45) is 3.14. The van der Waals surface area contributed by atoms with Gasteiger partial charge >= 0.3 is 0 Å². The number of nitrogens with one attached hydrogen (secondary N) is 1. The van der Waals surface area contributed by atoms with E-state index in [1.54, 1.807) is 21.7 Å². The summed E-state index contributed by atoms with van der Waals surface area (Å²) in [6.45, 7) is 1.59. The molecule has 152 valence electrons. The smallest absolute Gasteiger partial charge is 0.289 e. The van der Waals surface area contributed by atoms with Crippen LogP contribution < -0.4 is 5.56 Å². The molecule has 1 unspecified atom stereocenters. The number of carbonyl (C=O) groups is 1. The van der Waals surface area contributed by atoms with Gasteiger partial charge in [-0.15, -0.1) is 5.10 Å². The maximum atomic E-state index is 12.6. The third-order valence-electron chi connectivity index (χ3n) is 5.39. The largest absolute Gasteiger partial charge is 0.459 e. The first-order chi connectivity index (χ1) is 14.7. The van der Waals surface area contributed by atoms with Crippen LogP contribution in [0.4, 0.5) is 0 Å². The highest BCUT2D eigenvalue weighted by atomic mass is 16.3. The van der Waals surface area contributed by atoms with Crippen LogP contribution >= 0.6 is 0 Å². The zero-order valence-electron chi connectivity index (χ0n) is 16.2. The Labute approximate surface area is 171 Å². The molecule has 0 spiro atoms. The lowest BCUT2D eigenvalue weighted by atomic mass is 9.97. The highest BCUT2D eigenvalue weighted by molar-refractivity contribution is 5.91. The average Bonchev–Trinajstić information content (AvgIpc) is 3.45. The van der Waals surface area contributed by atoms with Gasteiger partial charge in [0.25, 0.3) is 11.5 Å². The van der Waals surface area contributed by atoms with Crippen molar-refractivity contribution in [2.45, 2.75) is 25.3 Å². The number of aromatic amines is 1. The highest BCUT2D eigenvalue weighted by Crippen LogP contribution is 2.26. The number of likely N-dealkylation sites (tertiary alicyclic amines) is 1. The Morgan fingerprint density at radius 3 is 2.87 bits per heavy atom. The molecule has 30 heavy (non-hydrogen) atoms. The molecule has 1 amide bonds. The summed E-state index contributed by atoms with van der Waals surface area (Å²) >= 11 is 0. The summed E-state index contributed by atoms with van der Waals surface area (Å²) in [6, 6.07) is 13.2. The van der Waals surface area contributed by atoms with Gasteiger partial charge in [-0.1, -0.05) is 35.5 Å². The first-order valence-electron chi connectivity index (χ1n) is 9.89. The Bertz CT molecular complexity index is 1230. The molecular weight excluding hydrogens is 384 g/mol. The predicted molar refractivity (Wildman–Crippen MR) is 108 cm³/mol. The molecule has 0 radical (unpaired) electrons. The van der Waals surface area contributed by atoms with Crippen molar-refractivity contribution in [3.63, 3.8) is 0 Å². The minimum atomic E-state index is -0.316. The lowest BCUT2D eigenvalue weighted by Gasteiger charge is -2.31. The van der Waals surface area contributed by atoms with Crippen molar-refractivity contribution in [3.05, 3.63) is 76.2 Å². The topological polar surface area (TPSA) is 110 Å². The van der Waals surface area contributed by atoms with Crippen molar-refractivity contribution in [2.24, 2.45) is 0 Å². The molecule has 1 aromatic carbocycles. The lowest BCUT2D eigenvalue weighted by molar-refractivity contribution is 0.0672. The summed E-state index contributed by atoms with van der Waals surface area (Å²) in [5.41, 5.74) is 1.39. The van der Waals surface area contributed by atoms with E-state index in [4.69, 9.17) is 9.40 Å². The standard InChI is InChI=1S/C21H20N6O3/c28-20-17-19(27(25-24-17)12-14-6-2-1-3-7-14)22-18(23-20)15-8-4-10-26(13-15)21(29)16-9-5-11-30-16/h1-3,5-7,9,11,15H,4,8,10,12-13H2,(H,22,23,28). The van der Waals surface area contributed by atoms with Crippen molar-refractivity contribution in [1.29, 1.82) is 0 Å². The highest BCUT2D eigenvalue weighted by Gasteiger charge is 2.29. The van der Waals surface area contributed by atoms with Crippen LogP contribution in [0, 0.1) is 0 Å². The van der Waals surface area contributed by atoms with Crippen LogP contribution in [0.3, 0.4) is 0 Å². The molecular formula is C21H20N6O3. The fourth-order valence-corrected chi connectivity index (χ4v) is 3.88. The maximum Gasteiger partial charge on any atom is 0.289 e. The van der Waals surface area contributed by atoms with Crippen LogP contribution in [-0.4, -0.2) is 48.9 Å². The van der Waals surface area contributed by atoms with Gasteiger partial charge in [0.1, 0.15) is 5.82 Å². The number of piperidine rings is 1. The molecule has 0 saturated carbocycles. The molecule has 1 aliphatic heterocycles. The van der Waals surface area contributed by atoms with Gasteiger partial charge < -0.3 is 14.3 Å². The number of fused-ring (bicyclic) bond motifs is 1. The Hall–Kier alpha value is -3.75. The number of benzene rings is 1. The number of hydrogen-bond donors (Lipinski definition) is 1. The van der Waals surface area contributed by atoms with Crippen molar-refractivity contribution >= 4 is 17.1 Å². The lowest BCUT2D eigenvalue weighted by Crippen LogP contribution is -2.39. The van der Waals surface area contributed by atoms with E-state index in [-0.39, 0.29) is 22.9 Å². The molecule has 0 bridgehead atoms. The van der Waals surface area contributed by atoms with E-state index in [1.807, 2.05) is 30.3 Å². The first-order valence-corrected chi connectivity index (χ1v) is 9.89. The van der Waals surface area contributed by atoms with Crippen LogP contribution in [0.1, 0.15) is 40.7 Å². The van der Waals surface area contributed by atoms with E-state index in [9.17, 15) is 9.59 Å². The van der Waals surface area contributed by atoms with Crippen LogP contribution in [0.5, 0.6) is 0 Å². The Balaban J connectivity index is 1.44. The Morgan fingerprint density at radius 1 is 1.20 bits per heavy atom. The summed E-state index contributed by atoms with van der Waals surface area (Å²) in [5, 5.41) is 8.13. The number of rotatable bonds is 4. The van der Waals surface area contributed by atoms with E-state index in [0.29, 0.717) is 36.9 Å². The summed E-state index contributed by atoms with van der Waals surface area (Å²) in [7, 11) is 0. The van der Waals surface area contributed by atoms with E-state index in [2.05, 4.69) is 15.3 Å². The average molecular weight is 404 g/mol. The van der Waals surface area contributed by atoms with E-state index < -0.39 is 0 Å². The van der Waals surface area contributed by atoms with E-state index >= 15 is 0 Å². The van der Waals surface area contributed by atoms with Crippen molar-refractivity contribution in [1.82, 2.24) is 29.9 Å². The minimum absolute atomic E-state index is 0.0742. The maximum absolute atomic E-state index is 12.6. The zero-order chi connectivity index (χ0) is 20.5. The van der Waals surface area contributed by atoms with E-state index in [1.165, 1.54) is 6.26 Å². The molecule has 4 heterocycles. The van der Waals surface area contributed by atoms with Crippen molar-refractivity contribution in [3.8, 4) is 0 Å². The number of carbonyl (C=O) groups excluding carboxylic acids is 1. The molecule has 4 aromatic rings. The second-order valence-electron chi connectivity index (χ2n) is 7.42. The molecule has 1 saturated heterocycles. The molecule has 1 aliphatic rings. The third-order valence-corrected chi connectivity index (χ3v) is 5.39. The van der Waals surface area contributed by atoms with E-state index in [0.717, 1.165) is 18.4 Å². The number of aromatic nitrogens is 5. The number of nitrogens with zero attached hydrogens (tertiary/aromatic N) is 5. The van der Waals surface area contributed by atoms with Crippen LogP contribution in [0.2, 0.25) is 0 Å².